The summed E-state index contributed by atoms with van der Waals surface area (Å²) in [5.74, 6) is 0.640. The van der Waals surface area contributed by atoms with Gasteiger partial charge < -0.3 is 24.8 Å². The summed E-state index contributed by atoms with van der Waals surface area (Å²) in [6.07, 6.45) is 0.180. The topological polar surface area (TPSA) is 81.2 Å². The van der Waals surface area contributed by atoms with E-state index in [0.717, 1.165) is 0 Å². The van der Waals surface area contributed by atoms with E-state index in [9.17, 15) is 13.6 Å². The van der Waals surface area contributed by atoms with Crippen LogP contribution in [0.3, 0.4) is 0 Å². The molecule has 1 rings (SSSR count). The molecule has 9 heteroatoms. The first-order chi connectivity index (χ1) is 12.0. The minimum atomic E-state index is -2.93. The molecular formula is C16H23F2N3O4. The van der Waals surface area contributed by atoms with Crippen LogP contribution in [0.5, 0.6) is 11.5 Å². The molecule has 0 amide bonds. The van der Waals surface area contributed by atoms with E-state index in [2.05, 4.69) is 25.1 Å². The molecule has 0 aliphatic heterocycles. The van der Waals surface area contributed by atoms with Gasteiger partial charge >= 0.3 is 12.6 Å². The number of hydrogen-bond donors (Lipinski definition) is 2. The van der Waals surface area contributed by atoms with E-state index in [1.807, 2.05) is 6.92 Å². The number of aliphatic imine (C=N–C) groups is 1. The van der Waals surface area contributed by atoms with Gasteiger partial charge in [0.25, 0.3) is 0 Å². The second-order valence-corrected chi connectivity index (χ2v) is 4.80. The molecule has 0 saturated carbocycles. The SMILES string of the molecule is CCNC(=NCc1cc(OC)ccc1OC(F)F)NCCC(=O)OC. The van der Waals surface area contributed by atoms with Crippen LogP contribution in [0.2, 0.25) is 0 Å². The van der Waals surface area contributed by atoms with Gasteiger partial charge in [-0.25, -0.2) is 4.99 Å². The van der Waals surface area contributed by atoms with Crippen molar-refractivity contribution in [3.05, 3.63) is 23.8 Å². The second-order valence-electron chi connectivity index (χ2n) is 4.80. The molecule has 0 aliphatic rings. The highest BCUT2D eigenvalue weighted by Gasteiger charge is 2.11. The number of ether oxygens (including phenoxy) is 3. The van der Waals surface area contributed by atoms with Gasteiger partial charge in [0.2, 0.25) is 0 Å². The van der Waals surface area contributed by atoms with Crippen LogP contribution in [0, 0.1) is 0 Å². The number of carbonyl (C=O) groups is 1. The first-order valence-electron chi connectivity index (χ1n) is 7.70. The Kier molecular flexibility index (Phi) is 9.05. The number of nitrogens with one attached hydrogen (secondary N) is 2. The number of halogens is 2. The van der Waals surface area contributed by atoms with Crippen molar-refractivity contribution in [2.24, 2.45) is 4.99 Å². The summed E-state index contributed by atoms with van der Waals surface area (Å²) in [7, 11) is 2.80. The van der Waals surface area contributed by atoms with Crippen LogP contribution in [-0.2, 0) is 16.1 Å². The van der Waals surface area contributed by atoms with Crippen LogP contribution >= 0.6 is 0 Å². The number of carbonyl (C=O) groups excluding carboxylic acids is 1. The zero-order chi connectivity index (χ0) is 18.7. The summed E-state index contributed by atoms with van der Waals surface area (Å²) in [5, 5.41) is 5.96. The quantitative estimate of drug-likeness (QED) is 0.398. The zero-order valence-electron chi connectivity index (χ0n) is 14.5. The van der Waals surface area contributed by atoms with Crippen LogP contribution in [0.4, 0.5) is 8.78 Å². The Morgan fingerprint density at radius 1 is 1.28 bits per heavy atom. The molecule has 7 nitrogen and oxygen atoms in total. The lowest BCUT2D eigenvalue weighted by molar-refractivity contribution is -0.140. The fourth-order valence-electron chi connectivity index (χ4n) is 1.91. The molecule has 0 aromatic heterocycles. The van der Waals surface area contributed by atoms with Crippen molar-refractivity contribution in [1.29, 1.82) is 0 Å². The molecule has 0 radical (unpaired) electrons. The number of benzene rings is 1. The molecule has 25 heavy (non-hydrogen) atoms. The molecular weight excluding hydrogens is 336 g/mol. The molecule has 0 aliphatic carbocycles. The monoisotopic (exact) mass is 359 g/mol. The van der Waals surface area contributed by atoms with Crippen LogP contribution in [-0.4, -0.2) is 45.8 Å². The van der Waals surface area contributed by atoms with Gasteiger partial charge in [-0.15, -0.1) is 0 Å². The van der Waals surface area contributed by atoms with Crippen molar-refractivity contribution in [3.8, 4) is 11.5 Å². The third kappa shape index (κ3) is 7.69. The number of methoxy groups -OCH3 is 2. The lowest BCUT2D eigenvalue weighted by Crippen LogP contribution is -2.38. The Hall–Kier alpha value is -2.58. The summed E-state index contributed by atoms with van der Waals surface area (Å²) >= 11 is 0. The third-order valence-corrected chi connectivity index (χ3v) is 3.08. The molecule has 0 atom stereocenters. The summed E-state index contributed by atoms with van der Waals surface area (Å²) in [6, 6.07) is 4.53. The molecule has 0 spiro atoms. The van der Waals surface area contributed by atoms with E-state index in [4.69, 9.17) is 4.74 Å². The number of alkyl halides is 2. The minimum absolute atomic E-state index is 0.0324. The highest BCUT2D eigenvalue weighted by atomic mass is 19.3. The number of esters is 1. The highest BCUT2D eigenvalue weighted by molar-refractivity contribution is 5.80. The molecule has 0 unspecified atom stereocenters. The van der Waals surface area contributed by atoms with Gasteiger partial charge in [0.1, 0.15) is 11.5 Å². The summed E-state index contributed by atoms with van der Waals surface area (Å²) in [5.41, 5.74) is 0.449. The van der Waals surface area contributed by atoms with E-state index >= 15 is 0 Å². The van der Waals surface area contributed by atoms with Gasteiger partial charge in [-0.2, -0.15) is 8.78 Å². The van der Waals surface area contributed by atoms with Crippen LogP contribution in [0.1, 0.15) is 18.9 Å². The average molecular weight is 359 g/mol. The molecule has 1 aromatic rings. The Bertz CT molecular complexity index is 582. The maximum Gasteiger partial charge on any atom is 0.387 e. The summed E-state index contributed by atoms with van der Waals surface area (Å²) < 4.78 is 39.2. The molecule has 140 valence electrons. The fraction of sp³-hybridized carbons (Fsp3) is 0.500. The van der Waals surface area contributed by atoms with Gasteiger partial charge in [0.05, 0.1) is 27.2 Å². The van der Waals surface area contributed by atoms with Gasteiger partial charge in [0.15, 0.2) is 5.96 Å². The molecule has 0 fully saturated rings. The Balaban J connectivity index is 2.83. The van der Waals surface area contributed by atoms with Crippen molar-refractivity contribution < 1.29 is 27.8 Å². The van der Waals surface area contributed by atoms with Crippen LogP contribution < -0.4 is 20.1 Å². The van der Waals surface area contributed by atoms with E-state index in [-0.39, 0.29) is 24.7 Å². The van der Waals surface area contributed by atoms with E-state index in [0.29, 0.717) is 30.4 Å². The molecule has 0 heterocycles. The Labute approximate surface area is 145 Å². The van der Waals surface area contributed by atoms with Crippen LogP contribution in [0.25, 0.3) is 0 Å². The number of guanidine groups is 1. The summed E-state index contributed by atoms with van der Waals surface area (Å²) in [6.45, 7) is -0.0247. The smallest absolute Gasteiger partial charge is 0.387 e. The normalized spacial score (nSPS) is 11.2. The summed E-state index contributed by atoms with van der Waals surface area (Å²) in [4.78, 5) is 15.4. The average Bonchev–Trinajstić information content (AvgIpc) is 2.59. The number of rotatable bonds is 9. The number of nitrogens with zero attached hydrogens (tertiary/aromatic N) is 1. The van der Waals surface area contributed by atoms with Crippen molar-refractivity contribution in [2.75, 3.05) is 27.3 Å². The lowest BCUT2D eigenvalue weighted by atomic mass is 10.2. The van der Waals surface area contributed by atoms with Gasteiger partial charge in [-0.3, -0.25) is 4.79 Å². The maximum absolute atomic E-state index is 12.5. The first kappa shape index (κ1) is 20.5. The predicted octanol–water partition coefficient (Wildman–Crippen LogP) is 1.91. The standard InChI is InChI=1S/C16H23F2N3O4/c1-4-19-16(20-8-7-14(22)24-3)21-10-11-9-12(23-2)5-6-13(11)25-15(17)18/h5-6,9,15H,4,7-8,10H2,1-3H3,(H2,19,20,21). The Morgan fingerprint density at radius 2 is 2.04 bits per heavy atom. The van der Waals surface area contributed by atoms with Gasteiger partial charge in [-0.1, -0.05) is 0 Å². The van der Waals surface area contributed by atoms with Crippen molar-refractivity contribution in [2.45, 2.75) is 26.5 Å². The largest absolute Gasteiger partial charge is 0.497 e. The predicted molar refractivity (Wildman–Crippen MR) is 89.1 cm³/mol. The third-order valence-electron chi connectivity index (χ3n) is 3.08. The molecule has 1 aromatic carbocycles. The van der Waals surface area contributed by atoms with Crippen molar-refractivity contribution in [3.63, 3.8) is 0 Å². The number of hydrogen-bond acceptors (Lipinski definition) is 5. The molecule has 0 saturated heterocycles. The maximum atomic E-state index is 12.5. The second kappa shape index (κ2) is 11.1. The Morgan fingerprint density at radius 3 is 2.64 bits per heavy atom. The van der Waals surface area contributed by atoms with Crippen molar-refractivity contribution >= 4 is 11.9 Å². The lowest BCUT2D eigenvalue weighted by Gasteiger charge is -2.13. The van der Waals surface area contributed by atoms with E-state index in [1.165, 1.54) is 26.4 Å². The molecule has 2 N–H and O–H groups in total. The van der Waals surface area contributed by atoms with Gasteiger partial charge in [-0.05, 0) is 25.1 Å². The first-order valence-corrected chi connectivity index (χ1v) is 7.70. The highest BCUT2D eigenvalue weighted by Crippen LogP contribution is 2.26. The van der Waals surface area contributed by atoms with Gasteiger partial charge in [0, 0.05) is 18.7 Å². The molecule has 0 bridgehead atoms. The van der Waals surface area contributed by atoms with E-state index in [1.54, 1.807) is 6.07 Å². The zero-order valence-corrected chi connectivity index (χ0v) is 14.5. The minimum Gasteiger partial charge on any atom is -0.497 e. The van der Waals surface area contributed by atoms with Crippen LogP contribution in [0.15, 0.2) is 23.2 Å². The van der Waals surface area contributed by atoms with E-state index < -0.39 is 6.61 Å². The fourth-order valence-corrected chi connectivity index (χ4v) is 1.91. The van der Waals surface area contributed by atoms with Crippen molar-refractivity contribution in [1.82, 2.24) is 10.6 Å².